The molecule has 0 aliphatic rings. The van der Waals surface area contributed by atoms with E-state index in [9.17, 15) is 0 Å². The van der Waals surface area contributed by atoms with Crippen molar-refractivity contribution in [2.24, 2.45) is 0 Å². The zero-order valence-electron chi connectivity index (χ0n) is 15.5. The van der Waals surface area contributed by atoms with Crippen molar-refractivity contribution in [3.05, 3.63) is 51.5 Å². The molecule has 27 heavy (non-hydrogen) atoms. The quantitative estimate of drug-likeness (QED) is 0.607. The monoisotopic (exact) mass is 439 g/mol. The number of hydrogen-bond donors (Lipinski definition) is 3. The number of rotatable bonds is 5. The third-order valence-electron chi connectivity index (χ3n) is 3.70. The smallest absolute Gasteiger partial charge is 0.414 e. The summed E-state index contributed by atoms with van der Waals surface area (Å²) in [5.41, 5.74) is 4.45. The fourth-order valence-electron chi connectivity index (χ4n) is 2.39. The van der Waals surface area contributed by atoms with Gasteiger partial charge in [0, 0.05) is 27.8 Å². The molecular formula is C19H22BrNO6. The molecule has 0 saturated heterocycles. The molecule has 0 amide bonds. The minimum atomic E-state index is -1.82. The molecule has 2 rings (SSSR count). The molecule has 0 radical (unpaired) electrons. The number of methoxy groups -OCH3 is 2. The van der Waals surface area contributed by atoms with Crippen LogP contribution in [0.2, 0.25) is 0 Å². The van der Waals surface area contributed by atoms with Crippen LogP contribution in [0.25, 0.3) is 0 Å². The topological polar surface area (TPSA) is 105 Å². The van der Waals surface area contributed by atoms with Crippen LogP contribution in [0.4, 0.5) is 5.69 Å². The summed E-state index contributed by atoms with van der Waals surface area (Å²) in [5.74, 6) is -1.93. The molecule has 2 aromatic carbocycles. The highest BCUT2D eigenvalue weighted by Gasteiger charge is 2.11. The molecule has 0 aliphatic heterocycles. The van der Waals surface area contributed by atoms with E-state index in [1.807, 2.05) is 25.1 Å². The Kier molecular flexibility index (Phi) is 8.61. The number of carboxylic acids is 2. The molecule has 0 fully saturated rings. The van der Waals surface area contributed by atoms with Crippen LogP contribution in [0.5, 0.6) is 11.5 Å². The van der Waals surface area contributed by atoms with Crippen molar-refractivity contribution in [1.29, 1.82) is 0 Å². The molecule has 146 valence electrons. The second-order valence-corrected chi connectivity index (χ2v) is 6.42. The lowest BCUT2D eigenvalue weighted by molar-refractivity contribution is -0.159. The fourth-order valence-corrected chi connectivity index (χ4v) is 2.87. The van der Waals surface area contributed by atoms with E-state index >= 15 is 0 Å². The van der Waals surface area contributed by atoms with Crippen molar-refractivity contribution in [1.82, 2.24) is 0 Å². The highest BCUT2D eigenvalue weighted by atomic mass is 79.9. The number of aliphatic carboxylic acids is 2. The molecule has 0 unspecified atom stereocenters. The van der Waals surface area contributed by atoms with Crippen LogP contribution in [-0.2, 0) is 16.1 Å². The number of benzene rings is 2. The Morgan fingerprint density at radius 3 is 2.15 bits per heavy atom. The lowest BCUT2D eigenvalue weighted by atomic mass is 10.1. The molecule has 2 aromatic rings. The number of halogens is 1. The summed E-state index contributed by atoms with van der Waals surface area (Å²) in [6, 6.07) is 10.2. The Labute approximate surface area is 166 Å². The second kappa shape index (κ2) is 10.4. The Morgan fingerprint density at radius 1 is 1.04 bits per heavy atom. The highest BCUT2D eigenvalue weighted by Crippen LogP contribution is 2.32. The summed E-state index contributed by atoms with van der Waals surface area (Å²) in [6.07, 6.45) is 0. The van der Waals surface area contributed by atoms with Crippen LogP contribution in [0.3, 0.4) is 0 Å². The molecule has 3 N–H and O–H groups in total. The molecule has 0 atom stereocenters. The SMILES string of the molecule is COc1ccc(CNc2ccc(Br)cc2C)c(OC)c1C.O=C(O)C(=O)O. The van der Waals surface area contributed by atoms with Crippen LogP contribution < -0.4 is 14.8 Å². The average molecular weight is 440 g/mol. The molecule has 0 aliphatic carbocycles. The number of nitrogens with one attached hydrogen (secondary N) is 1. The van der Waals surface area contributed by atoms with Gasteiger partial charge in [-0.1, -0.05) is 15.9 Å². The zero-order valence-corrected chi connectivity index (χ0v) is 17.1. The van der Waals surface area contributed by atoms with E-state index in [2.05, 4.69) is 40.3 Å². The van der Waals surface area contributed by atoms with Crippen LogP contribution in [0.1, 0.15) is 16.7 Å². The van der Waals surface area contributed by atoms with E-state index in [0.29, 0.717) is 6.54 Å². The summed E-state index contributed by atoms with van der Waals surface area (Å²) in [6.45, 7) is 4.80. The molecule has 8 heteroatoms. The number of anilines is 1. The minimum absolute atomic E-state index is 0.705. The number of ether oxygens (including phenoxy) is 2. The van der Waals surface area contributed by atoms with E-state index in [0.717, 1.165) is 32.8 Å². The zero-order chi connectivity index (χ0) is 20.6. The Hall–Kier alpha value is -2.74. The van der Waals surface area contributed by atoms with Crippen LogP contribution >= 0.6 is 15.9 Å². The first-order chi connectivity index (χ1) is 12.7. The third kappa shape index (κ3) is 6.49. The number of carbonyl (C=O) groups is 2. The maximum Gasteiger partial charge on any atom is 0.414 e. The van der Waals surface area contributed by atoms with Gasteiger partial charge in [-0.05, 0) is 49.7 Å². The van der Waals surface area contributed by atoms with E-state index in [1.165, 1.54) is 5.56 Å². The maximum atomic E-state index is 9.10. The van der Waals surface area contributed by atoms with E-state index in [4.69, 9.17) is 29.3 Å². The minimum Gasteiger partial charge on any atom is -0.496 e. The van der Waals surface area contributed by atoms with E-state index < -0.39 is 11.9 Å². The summed E-state index contributed by atoms with van der Waals surface area (Å²) in [7, 11) is 3.36. The van der Waals surface area contributed by atoms with Gasteiger partial charge >= 0.3 is 11.9 Å². The highest BCUT2D eigenvalue weighted by molar-refractivity contribution is 9.10. The van der Waals surface area contributed by atoms with Crippen molar-refractivity contribution in [3.63, 3.8) is 0 Å². The Morgan fingerprint density at radius 2 is 1.67 bits per heavy atom. The average Bonchev–Trinajstić information content (AvgIpc) is 2.61. The van der Waals surface area contributed by atoms with E-state index in [1.54, 1.807) is 14.2 Å². The predicted octanol–water partition coefficient (Wildman–Crippen LogP) is 3.85. The number of carboxylic acid groups (broad SMARTS) is 2. The lowest BCUT2D eigenvalue weighted by Crippen LogP contribution is -2.09. The molecule has 0 bridgehead atoms. The van der Waals surface area contributed by atoms with Gasteiger partial charge in [0.2, 0.25) is 0 Å². The number of aryl methyl sites for hydroxylation is 1. The largest absolute Gasteiger partial charge is 0.496 e. The molecule has 0 heterocycles. The summed E-state index contributed by atoms with van der Waals surface area (Å²) in [4.78, 5) is 18.2. The predicted molar refractivity (Wildman–Crippen MR) is 106 cm³/mol. The van der Waals surface area contributed by atoms with Crippen molar-refractivity contribution >= 4 is 33.6 Å². The lowest BCUT2D eigenvalue weighted by Gasteiger charge is -2.16. The van der Waals surface area contributed by atoms with Crippen molar-refractivity contribution in [2.45, 2.75) is 20.4 Å². The molecule has 7 nitrogen and oxygen atoms in total. The van der Waals surface area contributed by atoms with Gasteiger partial charge in [-0.3, -0.25) is 0 Å². The van der Waals surface area contributed by atoms with Gasteiger partial charge in [0.25, 0.3) is 0 Å². The first-order valence-corrected chi connectivity index (χ1v) is 8.67. The van der Waals surface area contributed by atoms with E-state index in [-0.39, 0.29) is 0 Å². The van der Waals surface area contributed by atoms with Crippen LogP contribution in [0, 0.1) is 13.8 Å². The Balaban J connectivity index is 0.000000527. The van der Waals surface area contributed by atoms with Crippen molar-refractivity contribution in [2.75, 3.05) is 19.5 Å². The molecule has 0 spiro atoms. The summed E-state index contributed by atoms with van der Waals surface area (Å²) < 4.78 is 11.9. The third-order valence-corrected chi connectivity index (χ3v) is 4.20. The van der Waals surface area contributed by atoms with Gasteiger partial charge < -0.3 is 25.0 Å². The van der Waals surface area contributed by atoms with Gasteiger partial charge in [-0.15, -0.1) is 0 Å². The Bertz CT molecular complexity index is 810. The molecule has 0 aromatic heterocycles. The maximum absolute atomic E-state index is 9.10. The molecular weight excluding hydrogens is 418 g/mol. The van der Waals surface area contributed by atoms with Crippen molar-refractivity contribution in [3.8, 4) is 11.5 Å². The summed E-state index contributed by atoms with van der Waals surface area (Å²) in [5, 5.41) is 18.2. The van der Waals surface area contributed by atoms with Gasteiger partial charge in [-0.2, -0.15) is 0 Å². The van der Waals surface area contributed by atoms with Gasteiger partial charge in [0.15, 0.2) is 0 Å². The first kappa shape index (κ1) is 22.3. The second-order valence-electron chi connectivity index (χ2n) is 5.51. The standard InChI is InChI=1S/C17H20BrNO2.C2H2O4/c1-11-9-14(18)6-7-15(11)19-10-13-5-8-16(20-3)12(2)17(13)21-4;3-1(4)2(5)6/h5-9,19H,10H2,1-4H3;(H,3,4)(H,5,6). The van der Waals surface area contributed by atoms with Gasteiger partial charge in [-0.25, -0.2) is 9.59 Å². The van der Waals surface area contributed by atoms with Crippen LogP contribution in [0.15, 0.2) is 34.8 Å². The number of hydrogen-bond acceptors (Lipinski definition) is 5. The summed E-state index contributed by atoms with van der Waals surface area (Å²) >= 11 is 3.48. The van der Waals surface area contributed by atoms with Crippen LogP contribution in [-0.4, -0.2) is 36.4 Å². The molecule has 0 saturated carbocycles. The van der Waals surface area contributed by atoms with Gasteiger partial charge in [0.05, 0.1) is 14.2 Å². The normalized spacial score (nSPS) is 9.67. The fraction of sp³-hybridized carbons (Fsp3) is 0.263. The van der Waals surface area contributed by atoms with Crippen molar-refractivity contribution < 1.29 is 29.3 Å². The van der Waals surface area contributed by atoms with Gasteiger partial charge in [0.1, 0.15) is 11.5 Å². The first-order valence-electron chi connectivity index (χ1n) is 7.88.